The second kappa shape index (κ2) is 4.49. The van der Waals surface area contributed by atoms with Crippen LogP contribution in [0.1, 0.15) is 23.9 Å². The Balaban J connectivity index is 2.03. The van der Waals surface area contributed by atoms with Crippen molar-refractivity contribution in [1.82, 2.24) is 24.8 Å². The number of nitrogens with one attached hydrogen (secondary N) is 1. The van der Waals surface area contributed by atoms with Crippen molar-refractivity contribution < 1.29 is 0 Å². The molecule has 0 saturated carbocycles. The van der Waals surface area contributed by atoms with Gasteiger partial charge in [-0.2, -0.15) is 0 Å². The zero-order valence-electron chi connectivity index (χ0n) is 10.7. The van der Waals surface area contributed by atoms with Crippen LogP contribution in [0.3, 0.4) is 0 Å². The molecule has 0 bridgehead atoms. The predicted octanol–water partition coefficient (Wildman–Crippen LogP) is 1.26. The Morgan fingerprint density at radius 2 is 2.28 bits per heavy atom. The van der Waals surface area contributed by atoms with Crippen molar-refractivity contribution in [2.24, 2.45) is 7.05 Å². The molecule has 1 N–H and O–H groups in total. The summed E-state index contributed by atoms with van der Waals surface area (Å²) in [6, 6.07) is 1.99. The Bertz CT molecular complexity index is 554. The SMILES string of the molecule is Cc1cc(-c2nccn2C)nc(C2CCNC2)n1. The van der Waals surface area contributed by atoms with E-state index in [0.717, 1.165) is 42.5 Å². The molecule has 0 amide bonds. The van der Waals surface area contributed by atoms with Crippen LogP contribution in [0.2, 0.25) is 0 Å². The lowest BCUT2D eigenvalue weighted by atomic mass is 10.1. The van der Waals surface area contributed by atoms with E-state index >= 15 is 0 Å². The van der Waals surface area contributed by atoms with Crippen LogP contribution in [0.15, 0.2) is 18.5 Å². The molecule has 2 aromatic heterocycles. The van der Waals surface area contributed by atoms with E-state index < -0.39 is 0 Å². The molecule has 18 heavy (non-hydrogen) atoms. The van der Waals surface area contributed by atoms with Crippen molar-refractivity contribution >= 4 is 0 Å². The van der Waals surface area contributed by atoms with Crippen LogP contribution in [-0.4, -0.2) is 32.6 Å². The van der Waals surface area contributed by atoms with Crippen LogP contribution >= 0.6 is 0 Å². The zero-order chi connectivity index (χ0) is 12.5. The topological polar surface area (TPSA) is 55.6 Å². The molecular weight excluding hydrogens is 226 g/mol. The predicted molar refractivity (Wildman–Crippen MR) is 69.2 cm³/mol. The first-order chi connectivity index (χ1) is 8.74. The number of hydrogen-bond acceptors (Lipinski definition) is 4. The number of hydrogen-bond donors (Lipinski definition) is 1. The van der Waals surface area contributed by atoms with Gasteiger partial charge in [-0.05, 0) is 26.0 Å². The molecule has 0 spiro atoms. The average molecular weight is 243 g/mol. The van der Waals surface area contributed by atoms with Gasteiger partial charge in [0.15, 0.2) is 5.82 Å². The van der Waals surface area contributed by atoms with Gasteiger partial charge < -0.3 is 9.88 Å². The van der Waals surface area contributed by atoms with Crippen molar-refractivity contribution in [2.75, 3.05) is 13.1 Å². The molecule has 3 heterocycles. The van der Waals surface area contributed by atoms with Gasteiger partial charge in [0.25, 0.3) is 0 Å². The number of aromatic nitrogens is 4. The third kappa shape index (κ3) is 2.01. The van der Waals surface area contributed by atoms with Crippen LogP contribution in [0.5, 0.6) is 0 Å². The minimum Gasteiger partial charge on any atom is -0.333 e. The first-order valence-electron chi connectivity index (χ1n) is 6.28. The molecule has 1 aliphatic rings. The number of nitrogens with zero attached hydrogens (tertiary/aromatic N) is 4. The van der Waals surface area contributed by atoms with Crippen molar-refractivity contribution in [2.45, 2.75) is 19.3 Å². The van der Waals surface area contributed by atoms with Crippen molar-refractivity contribution in [1.29, 1.82) is 0 Å². The van der Waals surface area contributed by atoms with E-state index in [2.05, 4.69) is 20.3 Å². The Labute approximate surface area is 106 Å². The quantitative estimate of drug-likeness (QED) is 0.863. The van der Waals surface area contributed by atoms with Gasteiger partial charge in [-0.25, -0.2) is 15.0 Å². The number of aryl methyl sites for hydroxylation is 2. The Kier molecular flexibility index (Phi) is 2.83. The maximum atomic E-state index is 4.68. The Hall–Kier alpha value is -1.75. The van der Waals surface area contributed by atoms with E-state index in [9.17, 15) is 0 Å². The summed E-state index contributed by atoms with van der Waals surface area (Å²) in [6.07, 6.45) is 4.84. The molecule has 3 rings (SSSR count). The van der Waals surface area contributed by atoms with Crippen LogP contribution in [0, 0.1) is 6.92 Å². The molecule has 1 aliphatic heterocycles. The summed E-state index contributed by atoms with van der Waals surface area (Å²) in [6.45, 7) is 4.04. The summed E-state index contributed by atoms with van der Waals surface area (Å²) in [5.74, 6) is 2.27. The molecule has 0 radical (unpaired) electrons. The summed E-state index contributed by atoms with van der Waals surface area (Å²) >= 11 is 0. The molecule has 2 aromatic rings. The van der Waals surface area contributed by atoms with E-state index in [1.807, 2.05) is 30.8 Å². The smallest absolute Gasteiger partial charge is 0.158 e. The molecule has 1 atom stereocenters. The Morgan fingerprint density at radius 1 is 1.39 bits per heavy atom. The summed E-state index contributed by atoms with van der Waals surface area (Å²) in [5, 5.41) is 3.36. The highest BCUT2D eigenvalue weighted by Crippen LogP contribution is 2.22. The molecular formula is C13H17N5. The van der Waals surface area contributed by atoms with Gasteiger partial charge in [0.05, 0.1) is 0 Å². The van der Waals surface area contributed by atoms with Crippen LogP contribution in [-0.2, 0) is 7.05 Å². The molecule has 1 saturated heterocycles. The number of imidazole rings is 1. The van der Waals surface area contributed by atoms with Gasteiger partial charge in [0.1, 0.15) is 11.5 Å². The molecule has 5 nitrogen and oxygen atoms in total. The lowest BCUT2D eigenvalue weighted by molar-refractivity contribution is 0.697. The third-order valence-electron chi connectivity index (χ3n) is 3.35. The van der Waals surface area contributed by atoms with E-state index in [4.69, 9.17) is 0 Å². The fraction of sp³-hybridized carbons (Fsp3) is 0.462. The second-order valence-electron chi connectivity index (χ2n) is 4.80. The largest absolute Gasteiger partial charge is 0.333 e. The standard InChI is InChI=1S/C13H17N5/c1-9-7-11(13-15-5-6-18(13)2)17-12(16-9)10-3-4-14-8-10/h5-7,10,14H,3-4,8H2,1-2H3. The van der Waals surface area contributed by atoms with Crippen molar-refractivity contribution in [3.05, 3.63) is 30.0 Å². The average Bonchev–Trinajstić information content (AvgIpc) is 2.98. The molecule has 1 unspecified atom stereocenters. The van der Waals surface area contributed by atoms with Crippen molar-refractivity contribution in [3.8, 4) is 11.5 Å². The fourth-order valence-electron chi connectivity index (χ4n) is 2.38. The fourth-order valence-corrected chi connectivity index (χ4v) is 2.38. The minimum atomic E-state index is 0.434. The first kappa shape index (κ1) is 11.3. The highest BCUT2D eigenvalue weighted by atomic mass is 15.1. The molecule has 1 fully saturated rings. The van der Waals surface area contributed by atoms with E-state index in [0.29, 0.717) is 5.92 Å². The van der Waals surface area contributed by atoms with Crippen molar-refractivity contribution in [3.63, 3.8) is 0 Å². The minimum absolute atomic E-state index is 0.434. The maximum absolute atomic E-state index is 4.68. The molecule has 0 aromatic carbocycles. The van der Waals surface area contributed by atoms with E-state index in [1.165, 1.54) is 0 Å². The Morgan fingerprint density at radius 3 is 2.94 bits per heavy atom. The summed E-state index contributed by atoms with van der Waals surface area (Å²) < 4.78 is 1.98. The monoisotopic (exact) mass is 243 g/mol. The molecule has 94 valence electrons. The summed E-state index contributed by atoms with van der Waals surface area (Å²) in [7, 11) is 1.98. The van der Waals surface area contributed by atoms with Gasteiger partial charge in [0, 0.05) is 37.6 Å². The van der Waals surface area contributed by atoms with Crippen LogP contribution in [0.4, 0.5) is 0 Å². The van der Waals surface area contributed by atoms with Gasteiger partial charge in [-0.15, -0.1) is 0 Å². The maximum Gasteiger partial charge on any atom is 0.158 e. The molecule has 5 heteroatoms. The second-order valence-corrected chi connectivity index (χ2v) is 4.80. The lowest BCUT2D eigenvalue weighted by Crippen LogP contribution is -2.11. The normalized spacial score (nSPS) is 19.3. The molecule has 0 aliphatic carbocycles. The van der Waals surface area contributed by atoms with Crippen LogP contribution < -0.4 is 5.32 Å². The summed E-state index contributed by atoms with van der Waals surface area (Å²) in [4.78, 5) is 13.6. The number of rotatable bonds is 2. The zero-order valence-corrected chi connectivity index (χ0v) is 10.7. The van der Waals surface area contributed by atoms with Gasteiger partial charge in [0.2, 0.25) is 0 Å². The van der Waals surface area contributed by atoms with E-state index in [-0.39, 0.29) is 0 Å². The highest BCUT2D eigenvalue weighted by molar-refractivity contribution is 5.50. The highest BCUT2D eigenvalue weighted by Gasteiger charge is 2.20. The summed E-state index contributed by atoms with van der Waals surface area (Å²) in [5.41, 5.74) is 1.92. The van der Waals surface area contributed by atoms with Gasteiger partial charge in [-0.3, -0.25) is 0 Å². The van der Waals surface area contributed by atoms with E-state index in [1.54, 1.807) is 6.20 Å². The third-order valence-corrected chi connectivity index (χ3v) is 3.35. The van der Waals surface area contributed by atoms with Gasteiger partial charge >= 0.3 is 0 Å². The first-order valence-corrected chi connectivity index (χ1v) is 6.28. The van der Waals surface area contributed by atoms with Gasteiger partial charge in [-0.1, -0.05) is 0 Å². The van der Waals surface area contributed by atoms with Crippen LogP contribution in [0.25, 0.3) is 11.5 Å². The lowest BCUT2D eigenvalue weighted by Gasteiger charge is -2.10.